The molecule has 0 aromatic heterocycles. The van der Waals surface area contributed by atoms with E-state index in [-0.39, 0.29) is 11.6 Å². The lowest BCUT2D eigenvalue weighted by Crippen LogP contribution is -2.14. The first-order valence-corrected chi connectivity index (χ1v) is 6.77. The summed E-state index contributed by atoms with van der Waals surface area (Å²) in [5.41, 5.74) is 8.20. The molecule has 2 aromatic carbocycles. The molecule has 0 unspecified atom stereocenters. The maximum Gasteiger partial charge on any atom is 0.257 e. The number of hydrogen-bond donors (Lipinski definition) is 2. The number of anilines is 2. The van der Waals surface area contributed by atoms with Gasteiger partial charge >= 0.3 is 0 Å². The molecule has 3 N–H and O–H groups in total. The Hall–Kier alpha value is -1.52. The van der Waals surface area contributed by atoms with E-state index < -0.39 is 0 Å². The van der Waals surface area contributed by atoms with Crippen LogP contribution < -0.4 is 11.1 Å². The predicted octanol–water partition coefficient (Wildman–Crippen LogP) is 4.25. The third-order valence-corrected chi connectivity index (χ3v) is 3.69. The van der Waals surface area contributed by atoms with Crippen molar-refractivity contribution < 1.29 is 4.79 Å². The van der Waals surface area contributed by atoms with E-state index in [1.807, 2.05) is 25.1 Å². The van der Waals surface area contributed by atoms with Crippen molar-refractivity contribution in [1.82, 2.24) is 0 Å². The van der Waals surface area contributed by atoms with Crippen LogP contribution in [0.2, 0.25) is 5.02 Å². The van der Waals surface area contributed by atoms with Gasteiger partial charge < -0.3 is 11.1 Å². The summed E-state index contributed by atoms with van der Waals surface area (Å²) in [5.74, 6) is -0.286. The zero-order chi connectivity index (χ0) is 14.0. The summed E-state index contributed by atoms with van der Waals surface area (Å²) < 4.78 is 0.812. The Morgan fingerprint density at radius 2 is 2.05 bits per heavy atom. The fraction of sp³-hybridized carbons (Fsp3) is 0.0714. The largest absolute Gasteiger partial charge is 0.397 e. The van der Waals surface area contributed by atoms with Gasteiger partial charge in [-0.05, 0) is 52.7 Å². The maximum absolute atomic E-state index is 12.2. The summed E-state index contributed by atoms with van der Waals surface area (Å²) >= 11 is 9.30. The summed E-state index contributed by atoms with van der Waals surface area (Å²) in [6.07, 6.45) is 0. The van der Waals surface area contributed by atoms with Crippen LogP contribution in [0.5, 0.6) is 0 Å². The number of amides is 1. The molecule has 0 saturated carbocycles. The molecule has 0 aliphatic rings. The Bertz CT molecular complexity index is 643. The number of aryl methyl sites for hydroxylation is 1. The molecule has 0 aliphatic carbocycles. The van der Waals surface area contributed by atoms with E-state index in [4.69, 9.17) is 17.3 Å². The average Bonchev–Trinajstić information content (AvgIpc) is 2.37. The third-order valence-electron chi connectivity index (χ3n) is 2.67. The maximum atomic E-state index is 12.2. The molecule has 1 amide bonds. The van der Waals surface area contributed by atoms with Crippen LogP contribution in [-0.4, -0.2) is 5.91 Å². The molecule has 0 fully saturated rings. The summed E-state index contributed by atoms with van der Waals surface area (Å²) in [4.78, 5) is 12.2. The van der Waals surface area contributed by atoms with Gasteiger partial charge in [0.15, 0.2) is 0 Å². The first kappa shape index (κ1) is 13.9. The molecule has 2 aromatic rings. The minimum atomic E-state index is -0.286. The molecule has 0 saturated heterocycles. The lowest BCUT2D eigenvalue weighted by Gasteiger charge is -2.10. The van der Waals surface area contributed by atoms with Gasteiger partial charge in [0.25, 0.3) is 5.91 Å². The van der Waals surface area contributed by atoms with E-state index >= 15 is 0 Å². The van der Waals surface area contributed by atoms with Crippen LogP contribution in [0.4, 0.5) is 11.4 Å². The van der Waals surface area contributed by atoms with Crippen LogP contribution in [0.25, 0.3) is 0 Å². The topological polar surface area (TPSA) is 55.1 Å². The molecule has 0 heterocycles. The van der Waals surface area contributed by atoms with Crippen LogP contribution in [0.3, 0.4) is 0 Å². The number of nitrogens with one attached hydrogen (secondary N) is 1. The highest BCUT2D eigenvalue weighted by atomic mass is 79.9. The Balaban J connectivity index is 2.31. The molecule has 98 valence electrons. The van der Waals surface area contributed by atoms with Crippen molar-refractivity contribution in [3.63, 3.8) is 0 Å². The van der Waals surface area contributed by atoms with Crippen LogP contribution >= 0.6 is 27.5 Å². The monoisotopic (exact) mass is 338 g/mol. The van der Waals surface area contributed by atoms with Gasteiger partial charge in [-0.3, -0.25) is 4.79 Å². The van der Waals surface area contributed by atoms with Crippen LogP contribution in [0.15, 0.2) is 40.9 Å². The molecule has 0 radical (unpaired) electrons. The van der Waals surface area contributed by atoms with Crippen molar-refractivity contribution in [3.8, 4) is 0 Å². The molecular weight excluding hydrogens is 328 g/mol. The lowest BCUT2D eigenvalue weighted by molar-refractivity contribution is 0.102. The minimum absolute atomic E-state index is 0.283. The molecule has 0 aliphatic heterocycles. The summed E-state index contributed by atoms with van der Waals surface area (Å²) in [5, 5.41) is 3.18. The normalized spacial score (nSPS) is 10.3. The van der Waals surface area contributed by atoms with Crippen molar-refractivity contribution in [1.29, 1.82) is 0 Å². The third kappa shape index (κ3) is 3.08. The molecule has 0 bridgehead atoms. The van der Waals surface area contributed by atoms with E-state index in [0.717, 1.165) is 10.0 Å². The number of halogens is 2. The number of carbonyl (C=O) groups excluding carboxylic acids is 1. The average molecular weight is 340 g/mol. The Morgan fingerprint density at radius 3 is 2.79 bits per heavy atom. The summed E-state index contributed by atoms with van der Waals surface area (Å²) in [7, 11) is 0. The van der Waals surface area contributed by atoms with Crippen LogP contribution in [-0.2, 0) is 0 Å². The minimum Gasteiger partial charge on any atom is -0.397 e. The smallest absolute Gasteiger partial charge is 0.257 e. The van der Waals surface area contributed by atoms with E-state index in [1.165, 1.54) is 0 Å². The molecule has 3 nitrogen and oxygen atoms in total. The SMILES string of the molecule is Cc1ccc(Br)c(NC(=O)c2cccc(Cl)c2N)c1. The van der Waals surface area contributed by atoms with Gasteiger partial charge in [0, 0.05) is 4.47 Å². The fourth-order valence-electron chi connectivity index (χ4n) is 1.66. The van der Waals surface area contributed by atoms with E-state index in [2.05, 4.69) is 21.2 Å². The molecule has 5 heteroatoms. The second-order valence-corrected chi connectivity index (χ2v) is 5.40. The second kappa shape index (κ2) is 5.63. The van der Waals surface area contributed by atoms with Gasteiger partial charge in [0.2, 0.25) is 0 Å². The van der Waals surface area contributed by atoms with Crippen molar-refractivity contribution in [3.05, 3.63) is 57.0 Å². The standard InChI is InChI=1S/C14H12BrClN2O/c1-8-5-6-10(15)12(7-8)18-14(19)9-3-2-4-11(16)13(9)17/h2-7H,17H2,1H3,(H,18,19). The molecule has 19 heavy (non-hydrogen) atoms. The first-order chi connectivity index (χ1) is 8.99. The molecular formula is C14H12BrClN2O. The van der Waals surface area contributed by atoms with Gasteiger partial charge in [-0.2, -0.15) is 0 Å². The Kier molecular flexibility index (Phi) is 4.12. The quantitative estimate of drug-likeness (QED) is 0.804. The molecule has 2 rings (SSSR count). The summed E-state index contributed by atoms with van der Waals surface area (Å²) in [6, 6.07) is 10.7. The van der Waals surface area contributed by atoms with E-state index in [1.54, 1.807) is 18.2 Å². The van der Waals surface area contributed by atoms with Crippen molar-refractivity contribution >= 4 is 44.8 Å². The van der Waals surface area contributed by atoms with Crippen molar-refractivity contribution in [2.45, 2.75) is 6.92 Å². The highest BCUT2D eigenvalue weighted by Crippen LogP contribution is 2.26. The zero-order valence-corrected chi connectivity index (χ0v) is 12.5. The van der Waals surface area contributed by atoms with Gasteiger partial charge in [-0.1, -0.05) is 23.7 Å². The number of hydrogen-bond acceptors (Lipinski definition) is 2. The van der Waals surface area contributed by atoms with Gasteiger partial charge in [-0.25, -0.2) is 0 Å². The first-order valence-electron chi connectivity index (χ1n) is 5.60. The number of nitrogen functional groups attached to an aromatic ring is 1. The number of rotatable bonds is 2. The van der Waals surface area contributed by atoms with Crippen LogP contribution in [0.1, 0.15) is 15.9 Å². The number of benzene rings is 2. The molecule has 0 spiro atoms. The lowest BCUT2D eigenvalue weighted by atomic mass is 10.1. The fourth-order valence-corrected chi connectivity index (χ4v) is 2.18. The van der Waals surface area contributed by atoms with Crippen molar-refractivity contribution in [2.24, 2.45) is 0 Å². The highest BCUT2D eigenvalue weighted by Gasteiger charge is 2.13. The van der Waals surface area contributed by atoms with E-state index in [9.17, 15) is 4.79 Å². The molecule has 0 atom stereocenters. The van der Waals surface area contributed by atoms with Crippen molar-refractivity contribution in [2.75, 3.05) is 11.1 Å². The van der Waals surface area contributed by atoms with Gasteiger partial charge in [-0.15, -0.1) is 0 Å². The van der Waals surface area contributed by atoms with Crippen LogP contribution in [0, 0.1) is 6.92 Å². The number of carbonyl (C=O) groups is 1. The Morgan fingerprint density at radius 1 is 1.32 bits per heavy atom. The summed E-state index contributed by atoms with van der Waals surface area (Å²) in [6.45, 7) is 1.95. The Labute approximate surface area is 124 Å². The number of nitrogens with two attached hydrogens (primary N) is 1. The number of para-hydroxylation sites is 1. The predicted molar refractivity (Wildman–Crippen MR) is 82.7 cm³/mol. The zero-order valence-electron chi connectivity index (χ0n) is 10.2. The highest BCUT2D eigenvalue weighted by molar-refractivity contribution is 9.10. The van der Waals surface area contributed by atoms with Gasteiger partial charge in [0.05, 0.1) is 22.0 Å². The second-order valence-electron chi connectivity index (χ2n) is 4.14. The van der Waals surface area contributed by atoms with Gasteiger partial charge in [0.1, 0.15) is 0 Å². The van der Waals surface area contributed by atoms with E-state index in [0.29, 0.717) is 16.3 Å².